The maximum Gasteiger partial charge on any atom is 0.0474 e. The molecule has 0 atom stereocenters. The molecule has 0 aliphatic rings. The topological polar surface area (TPSA) is 27.8 Å². The number of anilines is 1. The van der Waals surface area contributed by atoms with Crippen molar-refractivity contribution in [1.29, 1.82) is 0 Å². The van der Waals surface area contributed by atoms with Crippen molar-refractivity contribution in [2.45, 2.75) is 19.9 Å². The maximum atomic E-state index is 3.41. The highest BCUT2D eigenvalue weighted by molar-refractivity contribution is 5.91. The Morgan fingerprint density at radius 2 is 2.08 bits per heavy atom. The van der Waals surface area contributed by atoms with E-state index in [9.17, 15) is 0 Å². The molecule has 0 aliphatic carbocycles. The second-order valence-electron chi connectivity index (χ2n) is 3.54. The van der Waals surface area contributed by atoms with Crippen LogP contribution in [-0.4, -0.2) is 11.0 Å². The van der Waals surface area contributed by atoms with Crippen LogP contribution in [0.2, 0.25) is 0 Å². The molecule has 2 nitrogen and oxygen atoms in total. The van der Waals surface area contributed by atoms with Gasteiger partial charge in [0.15, 0.2) is 0 Å². The fourth-order valence-electron chi connectivity index (χ4n) is 1.52. The minimum atomic E-state index is 0.473. The van der Waals surface area contributed by atoms with E-state index in [1.165, 1.54) is 16.6 Å². The molecular formula is C11H14N2. The highest BCUT2D eigenvalue weighted by Crippen LogP contribution is 2.22. The minimum Gasteiger partial charge on any atom is -0.382 e. The van der Waals surface area contributed by atoms with Crippen LogP contribution in [0, 0.1) is 0 Å². The summed E-state index contributed by atoms with van der Waals surface area (Å²) in [6.07, 6.45) is 1.97. The molecular weight excluding hydrogens is 160 g/mol. The zero-order valence-electron chi connectivity index (χ0n) is 7.96. The van der Waals surface area contributed by atoms with Gasteiger partial charge < -0.3 is 10.3 Å². The molecule has 2 N–H and O–H groups in total. The molecule has 13 heavy (non-hydrogen) atoms. The van der Waals surface area contributed by atoms with Gasteiger partial charge >= 0.3 is 0 Å². The van der Waals surface area contributed by atoms with Gasteiger partial charge in [-0.15, -0.1) is 0 Å². The standard InChI is InChI=1S/C11H14N2/c1-8(2)13-11-5-3-4-10-9(11)6-7-12-10/h3-8,12-13H,1-2H3. The predicted octanol–water partition coefficient (Wildman–Crippen LogP) is 2.99. The average molecular weight is 174 g/mol. The lowest BCUT2D eigenvalue weighted by Gasteiger charge is -2.10. The Hall–Kier alpha value is -1.44. The van der Waals surface area contributed by atoms with Crippen molar-refractivity contribution >= 4 is 16.6 Å². The third-order valence-corrected chi connectivity index (χ3v) is 2.04. The highest BCUT2D eigenvalue weighted by atomic mass is 14.9. The molecule has 0 aliphatic heterocycles. The number of hydrogen-bond acceptors (Lipinski definition) is 1. The predicted molar refractivity (Wildman–Crippen MR) is 57.1 cm³/mol. The van der Waals surface area contributed by atoms with Gasteiger partial charge in [0.25, 0.3) is 0 Å². The van der Waals surface area contributed by atoms with Crippen LogP contribution in [0.3, 0.4) is 0 Å². The second kappa shape index (κ2) is 3.13. The third kappa shape index (κ3) is 1.52. The van der Waals surface area contributed by atoms with Crippen molar-refractivity contribution in [1.82, 2.24) is 4.98 Å². The Morgan fingerprint density at radius 1 is 1.23 bits per heavy atom. The maximum absolute atomic E-state index is 3.41. The molecule has 0 saturated heterocycles. The smallest absolute Gasteiger partial charge is 0.0474 e. The van der Waals surface area contributed by atoms with Gasteiger partial charge in [-0.25, -0.2) is 0 Å². The lowest BCUT2D eigenvalue weighted by molar-refractivity contribution is 0.902. The van der Waals surface area contributed by atoms with E-state index in [0.29, 0.717) is 6.04 Å². The summed E-state index contributed by atoms with van der Waals surface area (Å²) in [5, 5.41) is 4.67. The molecule has 68 valence electrons. The van der Waals surface area contributed by atoms with Crippen molar-refractivity contribution in [2.75, 3.05) is 5.32 Å². The van der Waals surface area contributed by atoms with E-state index in [2.05, 4.69) is 48.4 Å². The first-order chi connectivity index (χ1) is 6.27. The molecule has 0 fully saturated rings. The molecule has 1 aromatic heterocycles. The molecule has 0 radical (unpaired) electrons. The van der Waals surface area contributed by atoms with Crippen LogP contribution in [0.25, 0.3) is 10.9 Å². The highest BCUT2D eigenvalue weighted by Gasteiger charge is 2.01. The number of rotatable bonds is 2. The monoisotopic (exact) mass is 174 g/mol. The quantitative estimate of drug-likeness (QED) is 0.719. The summed E-state index contributed by atoms with van der Waals surface area (Å²) >= 11 is 0. The Bertz CT molecular complexity index is 401. The van der Waals surface area contributed by atoms with E-state index in [1.54, 1.807) is 0 Å². The van der Waals surface area contributed by atoms with E-state index in [-0.39, 0.29) is 0 Å². The van der Waals surface area contributed by atoms with Gasteiger partial charge in [-0.3, -0.25) is 0 Å². The molecule has 2 heteroatoms. The molecule has 0 saturated carbocycles. The molecule has 0 spiro atoms. The summed E-state index contributed by atoms with van der Waals surface area (Å²) in [6.45, 7) is 4.29. The van der Waals surface area contributed by atoms with Gasteiger partial charge in [0.2, 0.25) is 0 Å². The number of H-pyrrole nitrogens is 1. The average Bonchev–Trinajstić information content (AvgIpc) is 2.51. The van der Waals surface area contributed by atoms with Crippen molar-refractivity contribution in [3.63, 3.8) is 0 Å². The SMILES string of the molecule is CC(C)Nc1cccc2[nH]ccc12. The van der Waals surface area contributed by atoms with Crippen molar-refractivity contribution in [3.05, 3.63) is 30.5 Å². The van der Waals surface area contributed by atoms with Gasteiger partial charge in [0, 0.05) is 28.8 Å². The van der Waals surface area contributed by atoms with Crippen molar-refractivity contribution < 1.29 is 0 Å². The first-order valence-electron chi connectivity index (χ1n) is 4.60. The normalized spacial score (nSPS) is 11.0. The molecule has 0 bridgehead atoms. The van der Waals surface area contributed by atoms with Crippen LogP contribution in [0.1, 0.15) is 13.8 Å². The van der Waals surface area contributed by atoms with E-state index in [0.717, 1.165) is 0 Å². The fourth-order valence-corrected chi connectivity index (χ4v) is 1.52. The summed E-state index contributed by atoms with van der Waals surface area (Å²) in [5.74, 6) is 0. The van der Waals surface area contributed by atoms with Gasteiger partial charge in [0.05, 0.1) is 0 Å². The van der Waals surface area contributed by atoms with Crippen LogP contribution in [0.15, 0.2) is 30.5 Å². The zero-order valence-corrected chi connectivity index (χ0v) is 7.96. The number of aromatic nitrogens is 1. The number of nitrogens with one attached hydrogen (secondary N) is 2. The molecule has 1 aromatic carbocycles. The van der Waals surface area contributed by atoms with Crippen LogP contribution < -0.4 is 5.32 Å². The van der Waals surface area contributed by atoms with Gasteiger partial charge in [0.1, 0.15) is 0 Å². The van der Waals surface area contributed by atoms with Gasteiger partial charge in [-0.2, -0.15) is 0 Å². The number of benzene rings is 1. The van der Waals surface area contributed by atoms with Crippen LogP contribution >= 0.6 is 0 Å². The number of aromatic amines is 1. The Balaban J connectivity index is 2.48. The largest absolute Gasteiger partial charge is 0.382 e. The molecule has 2 aromatic rings. The number of fused-ring (bicyclic) bond motifs is 1. The summed E-state index contributed by atoms with van der Waals surface area (Å²) in [5.41, 5.74) is 2.39. The molecule has 0 unspecified atom stereocenters. The fraction of sp³-hybridized carbons (Fsp3) is 0.273. The third-order valence-electron chi connectivity index (χ3n) is 2.04. The van der Waals surface area contributed by atoms with Crippen LogP contribution in [0.5, 0.6) is 0 Å². The summed E-state index contributed by atoms with van der Waals surface area (Å²) in [7, 11) is 0. The summed E-state index contributed by atoms with van der Waals surface area (Å²) in [4.78, 5) is 3.19. The van der Waals surface area contributed by atoms with Crippen molar-refractivity contribution in [2.24, 2.45) is 0 Å². The summed E-state index contributed by atoms with van der Waals surface area (Å²) in [6, 6.07) is 8.82. The van der Waals surface area contributed by atoms with E-state index in [4.69, 9.17) is 0 Å². The minimum absolute atomic E-state index is 0.473. The Morgan fingerprint density at radius 3 is 2.85 bits per heavy atom. The van der Waals surface area contributed by atoms with Crippen molar-refractivity contribution in [3.8, 4) is 0 Å². The van der Waals surface area contributed by atoms with Crippen LogP contribution in [-0.2, 0) is 0 Å². The Kier molecular flexibility index (Phi) is 1.97. The lowest BCUT2D eigenvalue weighted by atomic mass is 10.2. The van der Waals surface area contributed by atoms with Gasteiger partial charge in [-0.05, 0) is 32.0 Å². The van der Waals surface area contributed by atoms with Crippen LogP contribution in [0.4, 0.5) is 5.69 Å². The molecule has 1 heterocycles. The first-order valence-corrected chi connectivity index (χ1v) is 4.60. The number of hydrogen-bond donors (Lipinski definition) is 2. The van der Waals surface area contributed by atoms with Gasteiger partial charge in [-0.1, -0.05) is 6.07 Å². The van der Waals surface area contributed by atoms with E-state index >= 15 is 0 Å². The first kappa shape index (κ1) is 8.17. The molecule has 2 rings (SSSR count). The molecule has 0 amide bonds. The van der Waals surface area contributed by atoms with E-state index < -0.39 is 0 Å². The van der Waals surface area contributed by atoms with E-state index in [1.807, 2.05) is 6.20 Å². The zero-order chi connectivity index (χ0) is 9.26. The lowest BCUT2D eigenvalue weighted by Crippen LogP contribution is -2.09. The second-order valence-corrected chi connectivity index (χ2v) is 3.54. The Labute approximate surface area is 78.0 Å². The summed E-state index contributed by atoms with van der Waals surface area (Å²) < 4.78 is 0.